The first-order valence-electron chi connectivity index (χ1n) is 11.3. The largest absolute Gasteiger partial charge is 0.357 e. The van der Waals surface area contributed by atoms with E-state index in [1.54, 1.807) is 11.9 Å². The van der Waals surface area contributed by atoms with Gasteiger partial charge in [0.15, 0.2) is 0 Å². The van der Waals surface area contributed by atoms with Crippen molar-refractivity contribution >= 4 is 17.7 Å². The third-order valence-electron chi connectivity index (χ3n) is 5.54. The van der Waals surface area contributed by atoms with Crippen molar-refractivity contribution in [2.75, 3.05) is 13.6 Å². The second-order valence-electron chi connectivity index (χ2n) is 8.42. The third-order valence-corrected chi connectivity index (χ3v) is 5.54. The van der Waals surface area contributed by atoms with E-state index in [2.05, 4.69) is 17.7 Å². The van der Waals surface area contributed by atoms with Gasteiger partial charge in [-0.2, -0.15) is 0 Å². The van der Waals surface area contributed by atoms with Crippen molar-refractivity contribution in [2.24, 2.45) is 11.8 Å². The van der Waals surface area contributed by atoms with Gasteiger partial charge in [-0.05, 0) is 45.4 Å². The Balaban J connectivity index is 0.000000308. The van der Waals surface area contributed by atoms with Crippen molar-refractivity contribution in [1.29, 1.82) is 0 Å². The number of hydrogen-bond donors (Lipinski definition) is 2. The number of amides is 3. The lowest BCUT2D eigenvalue weighted by Crippen LogP contribution is -2.43. The SMILES string of the molecule is CCCCCCCC1CC1C(=O)NOC(C)C.CNC(=O)C1CCCN1C(C)=O. The molecule has 0 spiro atoms. The fraction of sp³-hybridized carbons (Fsp3) is 0.864. The van der Waals surface area contributed by atoms with Gasteiger partial charge in [0.1, 0.15) is 6.04 Å². The van der Waals surface area contributed by atoms with Crippen LogP contribution in [0, 0.1) is 11.8 Å². The molecule has 2 rings (SSSR count). The quantitative estimate of drug-likeness (QED) is 0.427. The highest BCUT2D eigenvalue weighted by Gasteiger charge is 2.42. The zero-order valence-corrected chi connectivity index (χ0v) is 19.0. The number of carbonyl (C=O) groups excluding carboxylic acids is 3. The fourth-order valence-corrected chi connectivity index (χ4v) is 3.73. The molecule has 0 aromatic heterocycles. The Bertz CT molecular complexity index is 524. The van der Waals surface area contributed by atoms with Gasteiger partial charge >= 0.3 is 0 Å². The Morgan fingerprint density at radius 1 is 1.10 bits per heavy atom. The van der Waals surface area contributed by atoms with Gasteiger partial charge in [-0.15, -0.1) is 0 Å². The van der Waals surface area contributed by atoms with Crippen LogP contribution in [-0.4, -0.2) is 48.4 Å². The molecule has 3 unspecified atom stereocenters. The highest BCUT2D eigenvalue weighted by Crippen LogP contribution is 2.42. The number of nitrogens with one attached hydrogen (secondary N) is 2. The monoisotopic (exact) mass is 411 g/mol. The van der Waals surface area contributed by atoms with Crippen LogP contribution in [0.25, 0.3) is 0 Å². The van der Waals surface area contributed by atoms with E-state index < -0.39 is 0 Å². The summed E-state index contributed by atoms with van der Waals surface area (Å²) < 4.78 is 0. The highest BCUT2D eigenvalue weighted by atomic mass is 16.7. The van der Waals surface area contributed by atoms with Crippen LogP contribution < -0.4 is 10.8 Å². The first-order valence-corrected chi connectivity index (χ1v) is 11.3. The zero-order chi connectivity index (χ0) is 21.8. The van der Waals surface area contributed by atoms with Crippen LogP contribution in [-0.2, 0) is 19.2 Å². The first-order chi connectivity index (χ1) is 13.8. The van der Waals surface area contributed by atoms with Crippen LogP contribution in [0.1, 0.15) is 85.5 Å². The van der Waals surface area contributed by atoms with Crippen molar-refractivity contribution in [3.05, 3.63) is 0 Å². The summed E-state index contributed by atoms with van der Waals surface area (Å²) >= 11 is 0. The van der Waals surface area contributed by atoms with E-state index >= 15 is 0 Å². The maximum Gasteiger partial charge on any atom is 0.246 e. The number of likely N-dealkylation sites (N-methyl/N-ethyl adjacent to an activating group) is 1. The summed E-state index contributed by atoms with van der Waals surface area (Å²) in [6.45, 7) is 8.28. The number of likely N-dealkylation sites (tertiary alicyclic amines) is 1. The van der Waals surface area contributed by atoms with Gasteiger partial charge in [-0.3, -0.25) is 19.2 Å². The Morgan fingerprint density at radius 3 is 2.38 bits per heavy atom. The molecule has 1 aliphatic heterocycles. The van der Waals surface area contributed by atoms with E-state index in [-0.39, 0.29) is 35.8 Å². The molecule has 3 amide bonds. The van der Waals surface area contributed by atoms with Gasteiger partial charge in [0.2, 0.25) is 17.7 Å². The highest BCUT2D eigenvalue weighted by molar-refractivity contribution is 5.87. The van der Waals surface area contributed by atoms with E-state index in [4.69, 9.17) is 4.84 Å². The molecular weight excluding hydrogens is 370 g/mol. The smallest absolute Gasteiger partial charge is 0.246 e. The average molecular weight is 412 g/mol. The summed E-state index contributed by atoms with van der Waals surface area (Å²) in [6.07, 6.45) is 10.6. The Hall–Kier alpha value is -1.63. The van der Waals surface area contributed by atoms with Gasteiger partial charge in [-0.1, -0.05) is 39.0 Å². The molecule has 7 heteroatoms. The normalized spacial score (nSPS) is 22.7. The summed E-state index contributed by atoms with van der Waals surface area (Å²) in [5.74, 6) is 0.855. The van der Waals surface area contributed by atoms with Gasteiger partial charge < -0.3 is 10.2 Å². The van der Waals surface area contributed by atoms with Gasteiger partial charge in [0, 0.05) is 26.4 Å². The number of hydroxylamine groups is 1. The van der Waals surface area contributed by atoms with E-state index in [0.717, 1.165) is 19.3 Å². The first kappa shape index (κ1) is 25.4. The van der Waals surface area contributed by atoms with E-state index in [1.807, 2.05) is 13.8 Å². The number of rotatable bonds is 10. The van der Waals surface area contributed by atoms with Gasteiger partial charge in [0.25, 0.3) is 0 Å². The predicted molar refractivity (Wildman–Crippen MR) is 114 cm³/mol. The van der Waals surface area contributed by atoms with Crippen LogP contribution >= 0.6 is 0 Å². The summed E-state index contributed by atoms with van der Waals surface area (Å²) in [6, 6.07) is -0.229. The number of unbranched alkanes of at least 4 members (excludes halogenated alkanes) is 4. The number of carbonyl (C=O) groups is 3. The lowest BCUT2D eigenvalue weighted by atomic mass is 10.1. The van der Waals surface area contributed by atoms with E-state index in [9.17, 15) is 14.4 Å². The van der Waals surface area contributed by atoms with Crippen LogP contribution in [0.5, 0.6) is 0 Å². The molecular formula is C22H41N3O4. The van der Waals surface area contributed by atoms with Crippen molar-refractivity contribution in [2.45, 2.75) is 97.6 Å². The van der Waals surface area contributed by atoms with E-state index in [1.165, 1.54) is 45.4 Å². The second-order valence-corrected chi connectivity index (χ2v) is 8.42. The number of hydrogen-bond acceptors (Lipinski definition) is 4. The lowest BCUT2D eigenvalue weighted by Gasteiger charge is -2.21. The zero-order valence-electron chi connectivity index (χ0n) is 19.0. The molecule has 1 aliphatic carbocycles. The Morgan fingerprint density at radius 2 is 1.79 bits per heavy atom. The van der Waals surface area contributed by atoms with Crippen LogP contribution in [0.3, 0.4) is 0 Å². The molecule has 0 radical (unpaired) electrons. The molecule has 0 aromatic carbocycles. The topological polar surface area (TPSA) is 87.7 Å². The molecule has 1 saturated carbocycles. The molecule has 1 saturated heterocycles. The fourth-order valence-electron chi connectivity index (χ4n) is 3.73. The molecule has 0 aromatic rings. The van der Waals surface area contributed by atoms with Crippen molar-refractivity contribution in [3.8, 4) is 0 Å². The average Bonchev–Trinajstić information content (AvgIpc) is 3.29. The molecule has 2 N–H and O–H groups in total. The third kappa shape index (κ3) is 9.61. The molecule has 1 heterocycles. The molecule has 2 aliphatic rings. The van der Waals surface area contributed by atoms with Crippen molar-refractivity contribution < 1.29 is 19.2 Å². The summed E-state index contributed by atoms with van der Waals surface area (Å²) in [4.78, 5) is 40.6. The Labute approximate surface area is 176 Å². The molecule has 2 fully saturated rings. The van der Waals surface area contributed by atoms with Crippen LogP contribution in [0.2, 0.25) is 0 Å². The summed E-state index contributed by atoms with van der Waals surface area (Å²) in [7, 11) is 1.60. The maximum absolute atomic E-state index is 11.6. The maximum atomic E-state index is 11.6. The van der Waals surface area contributed by atoms with Crippen LogP contribution in [0.15, 0.2) is 0 Å². The van der Waals surface area contributed by atoms with Gasteiger partial charge in [-0.25, -0.2) is 5.48 Å². The minimum Gasteiger partial charge on any atom is -0.357 e. The molecule has 7 nitrogen and oxygen atoms in total. The van der Waals surface area contributed by atoms with Crippen LogP contribution in [0.4, 0.5) is 0 Å². The standard InChI is InChI=1S/C14H27NO2.C8H14N2O2/c1-4-5-6-7-8-9-12-10-13(12)14(16)15-17-11(2)3;1-6(11)10-5-3-4-7(10)8(12)9-2/h11-13H,4-10H2,1-3H3,(H,15,16);7H,3-5H2,1-2H3,(H,9,12). The Kier molecular flexibility index (Phi) is 11.9. The molecule has 3 atom stereocenters. The molecule has 29 heavy (non-hydrogen) atoms. The minimum absolute atomic E-state index is 0.0129. The molecule has 168 valence electrons. The summed E-state index contributed by atoms with van der Waals surface area (Å²) in [5.41, 5.74) is 2.55. The van der Waals surface area contributed by atoms with Crippen molar-refractivity contribution in [3.63, 3.8) is 0 Å². The minimum atomic E-state index is -0.229. The lowest BCUT2D eigenvalue weighted by molar-refractivity contribution is -0.138. The summed E-state index contributed by atoms with van der Waals surface area (Å²) in [5, 5.41) is 2.56. The van der Waals surface area contributed by atoms with E-state index in [0.29, 0.717) is 12.5 Å². The number of nitrogens with zero attached hydrogens (tertiary/aromatic N) is 1. The van der Waals surface area contributed by atoms with Gasteiger partial charge in [0.05, 0.1) is 6.10 Å². The molecule has 0 bridgehead atoms. The van der Waals surface area contributed by atoms with Crippen molar-refractivity contribution in [1.82, 2.24) is 15.7 Å². The second kappa shape index (κ2) is 13.6. The predicted octanol–water partition coefficient (Wildman–Crippen LogP) is 3.18.